The Bertz CT molecular complexity index is 402. The van der Waals surface area contributed by atoms with E-state index in [1.165, 1.54) is 0 Å². The quantitative estimate of drug-likeness (QED) is 0.650. The van der Waals surface area contributed by atoms with E-state index in [0.29, 0.717) is 0 Å². The number of halogens is 1. The highest BCUT2D eigenvalue weighted by Gasteiger charge is 2.18. The Morgan fingerprint density at radius 1 is 1.06 bits per heavy atom. The second kappa shape index (κ2) is 5.54. The van der Waals surface area contributed by atoms with Crippen LogP contribution in [0.2, 0.25) is 0 Å². The number of anilines is 1. The van der Waals surface area contributed by atoms with Crippen LogP contribution in [-0.4, -0.2) is 30.2 Å². The van der Waals surface area contributed by atoms with Gasteiger partial charge in [-0.05, 0) is 24.3 Å². The van der Waals surface area contributed by atoms with Crippen LogP contribution in [0, 0.1) is 0 Å². The highest BCUT2D eigenvalue weighted by Crippen LogP contribution is 2.18. The maximum absolute atomic E-state index is 5.59. The Morgan fingerprint density at radius 2 is 1.59 bits per heavy atom. The molecule has 6 heteroatoms. The summed E-state index contributed by atoms with van der Waals surface area (Å²) in [6, 6.07) is 7.33. The molecule has 1 aliphatic heterocycles. The zero-order valence-corrected chi connectivity index (χ0v) is 10.6. The molecule has 2 N–H and O–H groups in total. The molecule has 0 unspecified atom stereocenters. The van der Waals surface area contributed by atoms with E-state index in [1.807, 2.05) is 60.6 Å². The van der Waals surface area contributed by atoms with Crippen molar-refractivity contribution in [3.05, 3.63) is 36.7 Å². The monoisotopic (exact) mass is 253 g/mol. The zero-order chi connectivity index (χ0) is 11.5. The van der Waals surface area contributed by atoms with Crippen LogP contribution in [0.1, 0.15) is 0 Å². The topological polar surface area (TPSA) is 57.2 Å². The van der Waals surface area contributed by atoms with E-state index < -0.39 is 0 Å². The first-order valence-electron chi connectivity index (χ1n) is 5.05. The predicted molar refractivity (Wildman–Crippen MR) is 71.1 cm³/mol. The molecule has 2 rings (SSSR count). The fraction of sp³-hybridized carbons (Fsp3) is 0.273. The van der Waals surface area contributed by atoms with Crippen molar-refractivity contribution in [1.82, 2.24) is 9.80 Å². The summed E-state index contributed by atoms with van der Waals surface area (Å²) in [6.45, 7) is 0. The number of hydrogen-bond donors (Lipinski definition) is 1. The molecule has 0 radical (unpaired) electrons. The Hall–Kier alpha value is -1.75. The van der Waals surface area contributed by atoms with Gasteiger partial charge in [0.2, 0.25) is 6.29 Å². The standard InChI is InChI=1S/C11H15N5.ClH/c1-15-7-8-16(2)11(15)14-13-10-5-3-9(12)4-6-10;/h3-8,11H,12H2,1-2H3;1H. The van der Waals surface area contributed by atoms with Gasteiger partial charge in [0.25, 0.3) is 0 Å². The Kier molecular flexibility index (Phi) is 4.34. The van der Waals surface area contributed by atoms with E-state index in [2.05, 4.69) is 10.2 Å². The first-order valence-corrected chi connectivity index (χ1v) is 5.05. The van der Waals surface area contributed by atoms with Crippen molar-refractivity contribution < 1.29 is 0 Å². The molecule has 1 aliphatic rings. The lowest BCUT2D eigenvalue weighted by atomic mass is 10.3. The van der Waals surface area contributed by atoms with Crippen LogP contribution in [0.25, 0.3) is 0 Å². The Labute approximate surface area is 107 Å². The number of benzene rings is 1. The van der Waals surface area contributed by atoms with Gasteiger partial charge in [0.15, 0.2) is 0 Å². The van der Waals surface area contributed by atoms with Gasteiger partial charge in [-0.1, -0.05) is 0 Å². The smallest absolute Gasteiger partial charge is 0.217 e. The molecule has 0 bridgehead atoms. The number of nitrogens with two attached hydrogens (primary N) is 1. The second-order valence-corrected chi connectivity index (χ2v) is 3.78. The molecule has 17 heavy (non-hydrogen) atoms. The van der Waals surface area contributed by atoms with E-state index in [9.17, 15) is 0 Å². The van der Waals surface area contributed by atoms with Crippen LogP contribution in [0.15, 0.2) is 46.9 Å². The van der Waals surface area contributed by atoms with Gasteiger partial charge in [-0.15, -0.1) is 17.5 Å². The van der Waals surface area contributed by atoms with E-state index in [-0.39, 0.29) is 18.7 Å². The Balaban J connectivity index is 0.00000144. The fourth-order valence-electron chi connectivity index (χ4n) is 1.47. The van der Waals surface area contributed by atoms with Gasteiger partial charge in [-0.25, -0.2) is 0 Å². The lowest BCUT2D eigenvalue weighted by Gasteiger charge is -2.21. The lowest BCUT2D eigenvalue weighted by molar-refractivity contribution is 0.206. The van der Waals surface area contributed by atoms with Crippen molar-refractivity contribution in [2.24, 2.45) is 10.2 Å². The molecule has 1 heterocycles. The second-order valence-electron chi connectivity index (χ2n) is 3.78. The number of hydrogen-bond acceptors (Lipinski definition) is 5. The van der Waals surface area contributed by atoms with Gasteiger partial charge in [0.1, 0.15) is 0 Å². The molecule has 5 nitrogen and oxygen atoms in total. The summed E-state index contributed by atoms with van der Waals surface area (Å²) in [7, 11) is 3.93. The van der Waals surface area contributed by atoms with E-state index >= 15 is 0 Å². The normalized spacial score (nSPS) is 15.6. The summed E-state index contributed by atoms with van der Waals surface area (Å²) >= 11 is 0. The molecule has 92 valence electrons. The van der Waals surface area contributed by atoms with E-state index in [4.69, 9.17) is 5.73 Å². The van der Waals surface area contributed by atoms with E-state index in [0.717, 1.165) is 11.4 Å². The summed E-state index contributed by atoms with van der Waals surface area (Å²) in [4.78, 5) is 3.97. The summed E-state index contributed by atoms with van der Waals surface area (Å²) in [6.07, 6.45) is 3.87. The first kappa shape index (κ1) is 13.3. The third kappa shape index (κ3) is 3.10. The highest BCUT2D eigenvalue weighted by atomic mass is 35.5. The average Bonchev–Trinajstić information content (AvgIpc) is 2.59. The number of nitrogen functional groups attached to an aromatic ring is 1. The highest BCUT2D eigenvalue weighted by molar-refractivity contribution is 5.85. The van der Waals surface area contributed by atoms with Gasteiger partial charge in [0, 0.05) is 32.2 Å². The summed E-state index contributed by atoms with van der Waals surface area (Å²) < 4.78 is 0. The largest absolute Gasteiger partial charge is 0.399 e. The third-order valence-electron chi connectivity index (χ3n) is 2.44. The maximum Gasteiger partial charge on any atom is 0.217 e. The van der Waals surface area contributed by atoms with Crippen molar-refractivity contribution in [3.63, 3.8) is 0 Å². The van der Waals surface area contributed by atoms with Crippen molar-refractivity contribution in [3.8, 4) is 0 Å². The molecule has 1 aromatic rings. The molecule has 0 saturated carbocycles. The van der Waals surface area contributed by atoms with Gasteiger partial charge in [0.05, 0.1) is 5.69 Å². The number of azo groups is 1. The van der Waals surface area contributed by atoms with Gasteiger partial charge in [-0.3, -0.25) is 0 Å². The molecule has 0 aliphatic carbocycles. The minimum atomic E-state index is -0.0578. The first-order chi connectivity index (χ1) is 7.66. The van der Waals surface area contributed by atoms with Crippen LogP contribution < -0.4 is 5.73 Å². The van der Waals surface area contributed by atoms with Crippen molar-refractivity contribution >= 4 is 23.8 Å². The summed E-state index contributed by atoms with van der Waals surface area (Å²) in [5.41, 5.74) is 7.13. The summed E-state index contributed by atoms with van der Waals surface area (Å²) in [5.74, 6) is 0. The Morgan fingerprint density at radius 3 is 2.12 bits per heavy atom. The van der Waals surface area contributed by atoms with Crippen molar-refractivity contribution in [2.45, 2.75) is 6.29 Å². The zero-order valence-electron chi connectivity index (χ0n) is 9.82. The average molecular weight is 254 g/mol. The van der Waals surface area contributed by atoms with Gasteiger partial charge >= 0.3 is 0 Å². The molecular formula is C11H16ClN5. The van der Waals surface area contributed by atoms with Crippen LogP contribution in [0.4, 0.5) is 11.4 Å². The van der Waals surface area contributed by atoms with E-state index in [1.54, 1.807) is 0 Å². The van der Waals surface area contributed by atoms with Crippen LogP contribution in [-0.2, 0) is 0 Å². The molecule has 0 saturated heterocycles. The lowest BCUT2D eigenvalue weighted by Crippen LogP contribution is -2.31. The van der Waals surface area contributed by atoms with Crippen molar-refractivity contribution in [2.75, 3.05) is 19.8 Å². The molecule has 0 spiro atoms. The molecular weight excluding hydrogens is 238 g/mol. The minimum absolute atomic E-state index is 0. The molecule has 0 fully saturated rings. The molecule has 0 amide bonds. The molecule has 1 aromatic carbocycles. The minimum Gasteiger partial charge on any atom is -0.399 e. The maximum atomic E-state index is 5.59. The number of nitrogens with zero attached hydrogens (tertiary/aromatic N) is 4. The van der Waals surface area contributed by atoms with Gasteiger partial charge in [-0.2, -0.15) is 5.11 Å². The molecule has 0 aromatic heterocycles. The van der Waals surface area contributed by atoms with Gasteiger partial charge < -0.3 is 15.5 Å². The van der Waals surface area contributed by atoms with Crippen molar-refractivity contribution in [1.29, 1.82) is 0 Å². The van der Waals surface area contributed by atoms with Crippen LogP contribution >= 0.6 is 12.4 Å². The summed E-state index contributed by atoms with van der Waals surface area (Å²) in [5, 5.41) is 8.43. The molecule has 0 atom stereocenters. The third-order valence-corrected chi connectivity index (χ3v) is 2.44. The fourth-order valence-corrected chi connectivity index (χ4v) is 1.47. The SMILES string of the molecule is CN1C=CN(C)C1N=Nc1ccc(N)cc1.Cl. The number of rotatable bonds is 2. The van der Waals surface area contributed by atoms with Crippen LogP contribution in [0.5, 0.6) is 0 Å². The predicted octanol–water partition coefficient (Wildman–Crippen LogP) is 2.41. The van der Waals surface area contributed by atoms with Crippen LogP contribution in [0.3, 0.4) is 0 Å².